The van der Waals surface area contributed by atoms with Crippen molar-refractivity contribution in [2.24, 2.45) is 0 Å². The third-order valence-corrected chi connectivity index (χ3v) is 3.21. The van der Waals surface area contributed by atoms with Gasteiger partial charge in [-0.25, -0.2) is 13.6 Å². The Morgan fingerprint density at radius 2 is 1.90 bits per heavy atom. The second kappa shape index (κ2) is 6.09. The van der Waals surface area contributed by atoms with E-state index in [1.165, 1.54) is 0 Å². The minimum absolute atomic E-state index is 0.123. The summed E-state index contributed by atoms with van der Waals surface area (Å²) in [5.74, 6) is -1.57. The SMILES string of the molecule is Cc1cc(Br)cc(N)c1NC(=O)Nc1ccc(F)cc1F. The number of hydrogen-bond acceptors (Lipinski definition) is 2. The van der Waals surface area contributed by atoms with Crippen molar-refractivity contribution in [1.29, 1.82) is 0 Å². The number of urea groups is 1. The van der Waals surface area contributed by atoms with Crippen molar-refractivity contribution >= 4 is 39.0 Å². The molecule has 0 unspecified atom stereocenters. The number of halogens is 3. The van der Waals surface area contributed by atoms with Crippen LogP contribution in [0.4, 0.5) is 30.6 Å². The zero-order valence-corrected chi connectivity index (χ0v) is 12.6. The standard InChI is InChI=1S/C14H12BrF2N3O/c1-7-4-8(15)5-11(18)13(7)20-14(21)19-12-3-2-9(16)6-10(12)17/h2-6H,18H2,1H3,(H2,19,20,21). The Labute approximate surface area is 128 Å². The minimum Gasteiger partial charge on any atom is -0.397 e. The zero-order valence-electron chi connectivity index (χ0n) is 11.0. The van der Waals surface area contributed by atoms with Crippen LogP contribution >= 0.6 is 15.9 Å². The van der Waals surface area contributed by atoms with Crippen LogP contribution in [-0.2, 0) is 0 Å². The maximum atomic E-state index is 13.4. The Morgan fingerprint density at radius 3 is 2.52 bits per heavy atom. The summed E-state index contributed by atoms with van der Waals surface area (Å²) in [4.78, 5) is 11.9. The van der Waals surface area contributed by atoms with Gasteiger partial charge in [-0.05, 0) is 36.8 Å². The molecule has 110 valence electrons. The van der Waals surface area contributed by atoms with Gasteiger partial charge in [-0.15, -0.1) is 0 Å². The number of anilines is 3. The average Bonchev–Trinajstić information content (AvgIpc) is 2.37. The molecule has 0 fully saturated rings. The molecule has 0 saturated carbocycles. The van der Waals surface area contributed by atoms with E-state index in [1.54, 1.807) is 19.1 Å². The Bertz CT molecular complexity index is 684. The normalized spacial score (nSPS) is 10.3. The van der Waals surface area contributed by atoms with Crippen LogP contribution in [0.5, 0.6) is 0 Å². The maximum absolute atomic E-state index is 13.4. The number of benzene rings is 2. The van der Waals surface area contributed by atoms with Crippen molar-refractivity contribution in [2.45, 2.75) is 6.92 Å². The number of nitrogen functional groups attached to an aromatic ring is 1. The number of nitrogens with two attached hydrogens (primary N) is 1. The summed E-state index contributed by atoms with van der Waals surface area (Å²) >= 11 is 3.29. The van der Waals surface area contributed by atoms with Crippen LogP contribution in [0.2, 0.25) is 0 Å². The first-order valence-electron chi connectivity index (χ1n) is 5.95. The molecule has 0 bridgehead atoms. The summed E-state index contributed by atoms with van der Waals surface area (Å²) in [6.07, 6.45) is 0. The Kier molecular flexibility index (Phi) is 4.42. The number of nitrogens with one attached hydrogen (secondary N) is 2. The van der Waals surface area contributed by atoms with Crippen LogP contribution in [0.3, 0.4) is 0 Å². The van der Waals surface area contributed by atoms with E-state index in [9.17, 15) is 13.6 Å². The summed E-state index contributed by atoms with van der Waals surface area (Å²) in [7, 11) is 0. The second-order valence-corrected chi connectivity index (χ2v) is 5.31. The number of hydrogen-bond donors (Lipinski definition) is 3. The third-order valence-electron chi connectivity index (χ3n) is 2.75. The zero-order chi connectivity index (χ0) is 15.6. The van der Waals surface area contributed by atoms with Crippen molar-refractivity contribution in [3.8, 4) is 0 Å². The molecular formula is C14H12BrF2N3O. The van der Waals surface area contributed by atoms with Gasteiger partial charge < -0.3 is 16.4 Å². The maximum Gasteiger partial charge on any atom is 0.323 e. The molecule has 0 heterocycles. The van der Waals surface area contributed by atoms with Gasteiger partial charge in [-0.3, -0.25) is 0 Å². The lowest BCUT2D eigenvalue weighted by Crippen LogP contribution is -2.21. The summed E-state index contributed by atoms with van der Waals surface area (Å²) in [5.41, 5.74) is 7.24. The van der Waals surface area contributed by atoms with Gasteiger partial charge in [0.05, 0.1) is 17.1 Å². The summed E-state index contributed by atoms with van der Waals surface area (Å²) < 4.78 is 27.0. The van der Waals surface area contributed by atoms with Crippen molar-refractivity contribution in [2.75, 3.05) is 16.4 Å². The first-order chi connectivity index (χ1) is 9.86. The van der Waals surface area contributed by atoms with Crippen molar-refractivity contribution in [3.63, 3.8) is 0 Å². The van der Waals surface area contributed by atoms with E-state index in [-0.39, 0.29) is 5.69 Å². The predicted octanol–water partition coefficient (Wildman–Crippen LogP) is 4.26. The highest BCUT2D eigenvalue weighted by molar-refractivity contribution is 9.10. The molecule has 4 N–H and O–H groups in total. The molecule has 0 aromatic heterocycles. The van der Waals surface area contributed by atoms with Crippen LogP contribution in [0, 0.1) is 18.6 Å². The van der Waals surface area contributed by atoms with Gasteiger partial charge in [0.1, 0.15) is 11.6 Å². The second-order valence-electron chi connectivity index (χ2n) is 4.39. The van der Waals surface area contributed by atoms with Crippen LogP contribution in [-0.4, -0.2) is 6.03 Å². The molecule has 0 radical (unpaired) electrons. The molecule has 0 spiro atoms. The van der Waals surface area contributed by atoms with Gasteiger partial charge in [0.2, 0.25) is 0 Å². The highest BCUT2D eigenvalue weighted by Gasteiger charge is 2.11. The first-order valence-corrected chi connectivity index (χ1v) is 6.75. The van der Waals surface area contributed by atoms with Crippen molar-refractivity contribution < 1.29 is 13.6 Å². The molecule has 7 heteroatoms. The molecule has 21 heavy (non-hydrogen) atoms. The summed E-state index contributed by atoms with van der Waals surface area (Å²) in [5, 5.41) is 4.84. The lowest BCUT2D eigenvalue weighted by molar-refractivity contribution is 0.262. The Hall–Kier alpha value is -2.15. The fraction of sp³-hybridized carbons (Fsp3) is 0.0714. The Balaban J connectivity index is 2.16. The van der Waals surface area contributed by atoms with Crippen LogP contribution in [0.15, 0.2) is 34.8 Å². The summed E-state index contributed by atoms with van der Waals surface area (Å²) in [6, 6.07) is 5.64. The average molecular weight is 356 g/mol. The molecule has 2 aromatic carbocycles. The van der Waals surface area contributed by atoms with Crippen LogP contribution < -0.4 is 16.4 Å². The third kappa shape index (κ3) is 3.69. The van der Waals surface area contributed by atoms with Gasteiger partial charge in [-0.2, -0.15) is 0 Å². The van der Waals surface area contributed by atoms with Gasteiger partial charge in [0.15, 0.2) is 0 Å². The van der Waals surface area contributed by atoms with E-state index in [4.69, 9.17) is 5.73 Å². The van der Waals surface area contributed by atoms with Gasteiger partial charge in [0, 0.05) is 10.5 Å². The van der Waals surface area contributed by atoms with Crippen LogP contribution in [0.25, 0.3) is 0 Å². The van der Waals surface area contributed by atoms with Crippen molar-refractivity contribution in [3.05, 3.63) is 52.0 Å². The molecule has 0 saturated heterocycles. The minimum atomic E-state index is -0.856. The number of aryl methyl sites for hydroxylation is 1. The molecule has 2 rings (SSSR count). The molecule has 0 aliphatic heterocycles. The fourth-order valence-electron chi connectivity index (χ4n) is 1.80. The first kappa shape index (κ1) is 15.2. The molecule has 2 amide bonds. The number of rotatable bonds is 2. The molecule has 0 atom stereocenters. The van der Waals surface area contributed by atoms with E-state index < -0.39 is 17.7 Å². The van der Waals surface area contributed by atoms with E-state index in [2.05, 4.69) is 26.6 Å². The lowest BCUT2D eigenvalue weighted by Gasteiger charge is -2.13. The van der Waals surface area contributed by atoms with E-state index in [0.29, 0.717) is 17.4 Å². The van der Waals surface area contributed by atoms with E-state index >= 15 is 0 Å². The lowest BCUT2D eigenvalue weighted by atomic mass is 10.1. The number of amides is 2. The topological polar surface area (TPSA) is 67.1 Å². The van der Waals surface area contributed by atoms with E-state index in [1.807, 2.05) is 0 Å². The van der Waals surface area contributed by atoms with Gasteiger partial charge >= 0.3 is 6.03 Å². The predicted molar refractivity (Wildman–Crippen MR) is 82.3 cm³/mol. The molecular weight excluding hydrogens is 344 g/mol. The molecule has 0 aliphatic rings. The van der Waals surface area contributed by atoms with Crippen LogP contribution in [0.1, 0.15) is 5.56 Å². The highest BCUT2D eigenvalue weighted by Crippen LogP contribution is 2.28. The molecule has 4 nitrogen and oxygen atoms in total. The van der Waals surface area contributed by atoms with Gasteiger partial charge in [0.25, 0.3) is 0 Å². The Morgan fingerprint density at radius 1 is 1.19 bits per heavy atom. The molecule has 0 aliphatic carbocycles. The molecule has 2 aromatic rings. The largest absolute Gasteiger partial charge is 0.397 e. The monoisotopic (exact) mass is 355 g/mol. The smallest absolute Gasteiger partial charge is 0.323 e. The quantitative estimate of drug-likeness (QED) is 0.704. The van der Waals surface area contributed by atoms with Crippen molar-refractivity contribution in [1.82, 2.24) is 0 Å². The highest BCUT2D eigenvalue weighted by atomic mass is 79.9. The fourth-order valence-corrected chi connectivity index (χ4v) is 2.39. The number of carbonyl (C=O) groups excluding carboxylic acids is 1. The number of carbonyl (C=O) groups is 1. The van der Waals surface area contributed by atoms with Gasteiger partial charge in [-0.1, -0.05) is 15.9 Å². The summed E-state index contributed by atoms with van der Waals surface area (Å²) in [6.45, 7) is 1.77. The van der Waals surface area contributed by atoms with E-state index in [0.717, 1.165) is 22.2 Å².